The molecule has 0 aromatic heterocycles. The number of anilines is 1. The Labute approximate surface area is 106 Å². The molecule has 0 spiro atoms. The van der Waals surface area contributed by atoms with Crippen molar-refractivity contribution in [1.82, 2.24) is 0 Å². The van der Waals surface area contributed by atoms with Gasteiger partial charge in [0.15, 0.2) is 0 Å². The van der Waals surface area contributed by atoms with Crippen LogP contribution < -0.4 is 4.90 Å². The number of hydrogen-bond donors (Lipinski definition) is 0. The Morgan fingerprint density at radius 2 is 2.20 bits per heavy atom. The van der Waals surface area contributed by atoms with Crippen LogP contribution in [0, 0.1) is 6.92 Å². The van der Waals surface area contributed by atoms with Crippen LogP contribution in [0.25, 0.3) is 0 Å². The Morgan fingerprint density at radius 1 is 1.47 bits per heavy atom. The van der Waals surface area contributed by atoms with E-state index in [0.29, 0.717) is 0 Å². The van der Waals surface area contributed by atoms with Crippen LogP contribution in [0.4, 0.5) is 5.69 Å². The van der Waals surface area contributed by atoms with Crippen molar-refractivity contribution in [2.24, 2.45) is 0 Å². The van der Waals surface area contributed by atoms with Gasteiger partial charge in [-0.05, 0) is 31.0 Å². The molecule has 1 unspecified atom stereocenters. The zero-order valence-corrected chi connectivity index (χ0v) is 11.5. The van der Waals surface area contributed by atoms with Gasteiger partial charge in [0, 0.05) is 16.7 Å². The van der Waals surface area contributed by atoms with E-state index in [1.807, 2.05) is 30.0 Å². The average molecular weight is 333 g/mol. The molecule has 0 aliphatic carbocycles. The number of aryl methyl sites for hydroxylation is 1. The molecule has 0 radical (unpaired) electrons. The summed E-state index contributed by atoms with van der Waals surface area (Å²) in [5.41, 5.74) is 2.15. The number of benzene rings is 1. The predicted octanol–water partition coefficient (Wildman–Crippen LogP) is 3.26. The van der Waals surface area contributed by atoms with Gasteiger partial charge in [0.25, 0.3) is 0 Å². The molecular formula is C11H11Br2NO. The first-order chi connectivity index (χ1) is 7.09. The van der Waals surface area contributed by atoms with Gasteiger partial charge in [0.2, 0.25) is 5.91 Å². The van der Waals surface area contributed by atoms with E-state index in [-0.39, 0.29) is 10.7 Å². The lowest BCUT2D eigenvalue weighted by atomic mass is 10.2. The van der Waals surface area contributed by atoms with Gasteiger partial charge in [-0.15, -0.1) is 0 Å². The SMILES string of the molecule is Cc1ccc(N2CCC(Br)C2=O)cc1Br. The van der Waals surface area contributed by atoms with Crippen molar-refractivity contribution in [3.05, 3.63) is 28.2 Å². The van der Waals surface area contributed by atoms with E-state index in [2.05, 4.69) is 31.9 Å². The van der Waals surface area contributed by atoms with E-state index in [4.69, 9.17) is 0 Å². The number of alkyl halides is 1. The van der Waals surface area contributed by atoms with Crippen LogP contribution in [0.15, 0.2) is 22.7 Å². The monoisotopic (exact) mass is 331 g/mol. The second-order valence-corrected chi connectivity index (χ2v) is 5.64. The number of carbonyl (C=O) groups is 1. The molecular weight excluding hydrogens is 322 g/mol. The molecule has 1 aromatic carbocycles. The summed E-state index contributed by atoms with van der Waals surface area (Å²) in [6, 6.07) is 6.01. The van der Waals surface area contributed by atoms with Crippen molar-refractivity contribution >= 4 is 43.5 Å². The van der Waals surface area contributed by atoms with Crippen LogP contribution >= 0.6 is 31.9 Å². The molecule has 1 fully saturated rings. The van der Waals surface area contributed by atoms with Gasteiger partial charge in [0.05, 0.1) is 4.83 Å². The Kier molecular flexibility index (Phi) is 3.16. The van der Waals surface area contributed by atoms with Crippen LogP contribution in [-0.4, -0.2) is 17.3 Å². The summed E-state index contributed by atoms with van der Waals surface area (Å²) in [5.74, 6) is 0.158. The minimum atomic E-state index is -0.0161. The highest BCUT2D eigenvalue weighted by molar-refractivity contribution is 9.10. The van der Waals surface area contributed by atoms with Crippen LogP contribution in [-0.2, 0) is 4.79 Å². The molecule has 2 rings (SSSR count). The maximum Gasteiger partial charge on any atom is 0.240 e. The van der Waals surface area contributed by atoms with Crippen molar-refractivity contribution in [3.8, 4) is 0 Å². The van der Waals surface area contributed by atoms with E-state index in [1.165, 1.54) is 5.56 Å². The summed E-state index contributed by atoms with van der Waals surface area (Å²) in [6.07, 6.45) is 0.879. The normalized spacial score (nSPS) is 21.1. The Balaban J connectivity index is 2.31. The van der Waals surface area contributed by atoms with Crippen molar-refractivity contribution < 1.29 is 4.79 Å². The minimum absolute atomic E-state index is 0.0161. The highest BCUT2D eigenvalue weighted by atomic mass is 79.9. The van der Waals surface area contributed by atoms with Gasteiger partial charge in [-0.2, -0.15) is 0 Å². The second kappa shape index (κ2) is 4.26. The van der Waals surface area contributed by atoms with E-state index < -0.39 is 0 Å². The largest absolute Gasteiger partial charge is 0.311 e. The quantitative estimate of drug-likeness (QED) is 0.723. The minimum Gasteiger partial charge on any atom is -0.311 e. The molecule has 0 N–H and O–H groups in total. The molecule has 1 atom stereocenters. The third kappa shape index (κ3) is 2.11. The molecule has 1 amide bonds. The van der Waals surface area contributed by atoms with E-state index in [1.54, 1.807) is 0 Å². The lowest BCUT2D eigenvalue weighted by Gasteiger charge is -2.16. The lowest BCUT2D eigenvalue weighted by Crippen LogP contribution is -2.26. The number of amides is 1. The third-order valence-corrected chi connectivity index (χ3v) is 4.31. The van der Waals surface area contributed by atoms with Crippen molar-refractivity contribution in [2.45, 2.75) is 18.2 Å². The summed E-state index contributed by atoms with van der Waals surface area (Å²) in [7, 11) is 0. The highest BCUT2D eigenvalue weighted by Crippen LogP contribution is 2.28. The molecule has 1 aliphatic rings. The van der Waals surface area contributed by atoms with Gasteiger partial charge >= 0.3 is 0 Å². The van der Waals surface area contributed by atoms with Crippen LogP contribution in [0.1, 0.15) is 12.0 Å². The van der Waals surface area contributed by atoms with Gasteiger partial charge < -0.3 is 4.90 Å². The summed E-state index contributed by atoms with van der Waals surface area (Å²) in [5, 5.41) is 0. The van der Waals surface area contributed by atoms with Crippen molar-refractivity contribution in [3.63, 3.8) is 0 Å². The Morgan fingerprint density at radius 3 is 2.73 bits per heavy atom. The molecule has 80 valence electrons. The van der Waals surface area contributed by atoms with Crippen molar-refractivity contribution in [2.75, 3.05) is 11.4 Å². The lowest BCUT2D eigenvalue weighted by molar-refractivity contribution is -0.116. The molecule has 2 nitrogen and oxygen atoms in total. The zero-order chi connectivity index (χ0) is 11.0. The number of rotatable bonds is 1. The van der Waals surface area contributed by atoms with Crippen LogP contribution in [0.5, 0.6) is 0 Å². The topological polar surface area (TPSA) is 20.3 Å². The average Bonchev–Trinajstić information content (AvgIpc) is 2.53. The second-order valence-electron chi connectivity index (χ2n) is 3.68. The van der Waals surface area contributed by atoms with Crippen LogP contribution in [0.3, 0.4) is 0 Å². The van der Waals surface area contributed by atoms with E-state index >= 15 is 0 Å². The standard InChI is InChI=1S/C11H11Br2NO/c1-7-2-3-8(6-10(7)13)14-5-4-9(12)11(14)15/h2-3,6,9H,4-5H2,1H3. The van der Waals surface area contributed by atoms with Crippen molar-refractivity contribution in [1.29, 1.82) is 0 Å². The molecule has 1 aromatic rings. The summed E-state index contributed by atoms with van der Waals surface area (Å²) < 4.78 is 1.05. The van der Waals surface area contributed by atoms with Gasteiger partial charge in [0.1, 0.15) is 0 Å². The third-order valence-electron chi connectivity index (χ3n) is 2.61. The van der Waals surface area contributed by atoms with Crippen LogP contribution in [0.2, 0.25) is 0 Å². The number of nitrogens with zero attached hydrogens (tertiary/aromatic N) is 1. The molecule has 1 saturated heterocycles. The molecule has 0 bridgehead atoms. The fraction of sp³-hybridized carbons (Fsp3) is 0.364. The fourth-order valence-electron chi connectivity index (χ4n) is 1.65. The number of carbonyl (C=O) groups excluding carboxylic acids is 1. The predicted molar refractivity (Wildman–Crippen MR) is 68.6 cm³/mol. The molecule has 4 heteroatoms. The first kappa shape index (κ1) is 11.1. The van der Waals surface area contributed by atoms with Gasteiger partial charge in [-0.3, -0.25) is 4.79 Å². The molecule has 15 heavy (non-hydrogen) atoms. The number of hydrogen-bond acceptors (Lipinski definition) is 1. The maximum atomic E-state index is 11.8. The molecule has 0 saturated carbocycles. The van der Waals surface area contributed by atoms with Gasteiger partial charge in [-0.1, -0.05) is 37.9 Å². The Bertz CT molecular complexity index is 406. The molecule has 1 aliphatic heterocycles. The highest BCUT2D eigenvalue weighted by Gasteiger charge is 2.30. The summed E-state index contributed by atoms with van der Waals surface area (Å²) >= 11 is 6.85. The van der Waals surface area contributed by atoms with Gasteiger partial charge in [-0.25, -0.2) is 0 Å². The van der Waals surface area contributed by atoms with E-state index in [0.717, 1.165) is 23.1 Å². The zero-order valence-electron chi connectivity index (χ0n) is 8.34. The maximum absolute atomic E-state index is 11.8. The van der Waals surface area contributed by atoms with E-state index in [9.17, 15) is 4.79 Å². The fourth-order valence-corrected chi connectivity index (χ4v) is 2.47. The summed E-state index contributed by atoms with van der Waals surface area (Å²) in [6.45, 7) is 2.83. The molecule has 1 heterocycles. The Hall–Kier alpha value is -0.350. The first-order valence-electron chi connectivity index (χ1n) is 4.81. The smallest absolute Gasteiger partial charge is 0.240 e. The summed E-state index contributed by atoms with van der Waals surface area (Å²) in [4.78, 5) is 13.6. The first-order valence-corrected chi connectivity index (χ1v) is 6.52. The number of halogens is 2.